The molecule has 2 aromatic rings. The van der Waals surface area contributed by atoms with Crippen molar-refractivity contribution in [3.8, 4) is 6.07 Å². The maximum atomic E-state index is 12.4. The van der Waals surface area contributed by atoms with Crippen LogP contribution in [0.3, 0.4) is 0 Å². The molecule has 1 amide bonds. The van der Waals surface area contributed by atoms with Gasteiger partial charge in [-0.1, -0.05) is 30.3 Å². The zero-order valence-corrected chi connectivity index (χ0v) is 14.9. The minimum Gasteiger partial charge on any atom is -0.441 e. The molecule has 1 fully saturated rings. The quantitative estimate of drug-likeness (QED) is 0.653. The van der Waals surface area contributed by atoms with Crippen LogP contribution in [-0.4, -0.2) is 19.0 Å². The smallest absolute Gasteiger partial charge is 0.262 e. The molecule has 1 aliphatic heterocycles. The molecule has 1 atom stereocenters. The number of piperidine rings is 1. The minimum absolute atomic E-state index is 0.0346. The molecular formula is C21H23N3O2. The second-order valence-electron chi connectivity index (χ2n) is 6.50. The molecule has 1 N–H and O–H groups in total. The third kappa shape index (κ3) is 4.34. The van der Waals surface area contributed by atoms with E-state index in [1.54, 1.807) is 6.07 Å². The Morgan fingerprint density at radius 3 is 2.62 bits per heavy atom. The van der Waals surface area contributed by atoms with Crippen LogP contribution in [-0.2, 0) is 4.79 Å². The van der Waals surface area contributed by atoms with E-state index in [0.29, 0.717) is 5.76 Å². The largest absolute Gasteiger partial charge is 0.441 e. The lowest BCUT2D eigenvalue weighted by molar-refractivity contribution is -0.117. The van der Waals surface area contributed by atoms with Gasteiger partial charge in [-0.3, -0.25) is 4.79 Å². The lowest BCUT2D eigenvalue weighted by Gasteiger charge is -2.25. The monoisotopic (exact) mass is 349 g/mol. The SMILES string of the molecule is CC(NC(=O)/C(C#N)=C\c1ccc(N2CCCCC2)o1)c1ccccc1. The number of furan rings is 1. The van der Waals surface area contributed by atoms with Crippen LogP contribution in [0.1, 0.15) is 43.6 Å². The third-order valence-electron chi connectivity index (χ3n) is 4.58. The molecule has 0 radical (unpaired) electrons. The van der Waals surface area contributed by atoms with Crippen LogP contribution in [0.2, 0.25) is 0 Å². The van der Waals surface area contributed by atoms with E-state index in [-0.39, 0.29) is 11.6 Å². The maximum absolute atomic E-state index is 12.4. The summed E-state index contributed by atoms with van der Waals surface area (Å²) in [4.78, 5) is 14.6. The molecule has 26 heavy (non-hydrogen) atoms. The van der Waals surface area contributed by atoms with Gasteiger partial charge in [0.15, 0.2) is 5.88 Å². The molecule has 5 nitrogen and oxygen atoms in total. The van der Waals surface area contributed by atoms with Gasteiger partial charge in [-0.2, -0.15) is 5.26 Å². The molecular weight excluding hydrogens is 326 g/mol. The summed E-state index contributed by atoms with van der Waals surface area (Å²) in [6, 6.07) is 15.1. The highest BCUT2D eigenvalue weighted by molar-refractivity contribution is 6.01. The Bertz CT molecular complexity index is 811. The van der Waals surface area contributed by atoms with Crippen molar-refractivity contribution < 1.29 is 9.21 Å². The number of nitrogens with one attached hydrogen (secondary N) is 1. The fraction of sp³-hybridized carbons (Fsp3) is 0.333. The molecule has 0 aliphatic carbocycles. The molecule has 0 bridgehead atoms. The van der Waals surface area contributed by atoms with E-state index < -0.39 is 5.91 Å². The highest BCUT2D eigenvalue weighted by atomic mass is 16.4. The summed E-state index contributed by atoms with van der Waals surface area (Å²) in [5.74, 6) is 0.913. The van der Waals surface area contributed by atoms with Crippen LogP contribution in [0, 0.1) is 11.3 Å². The lowest BCUT2D eigenvalue weighted by atomic mass is 10.1. The third-order valence-corrected chi connectivity index (χ3v) is 4.58. The van der Waals surface area contributed by atoms with Gasteiger partial charge < -0.3 is 14.6 Å². The van der Waals surface area contributed by atoms with Gasteiger partial charge in [0, 0.05) is 25.2 Å². The second-order valence-corrected chi connectivity index (χ2v) is 6.50. The number of carbonyl (C=O) groups excluding carboxylic acids is 1. The van der Waals surface area contributed by atoms with Crippen LogP contribution in [0.15, 0.2) is 52.5 Å². The molecule has 5 heteroatoms. The molecule has 3 rings (SSSR count). The Morgan fingerprint density at radius 2 is 1.92 bits per heavy atom. The van der Waals surface area contributed by atoms with E-state index in [1.807, 2.05) is 49.4 Å². The van der Waals surface area contributed by atoms with E-state index in [9.17, 15) is 10.1 Å². The number of rotatable bonds is 5. The summed E-state index contributed by atoms with van der Waals surface area (Å²) >= 11 is 0. The predicted molar refractivity (Wildman–Crippen MR) is 101 cm³/mol. The van der Waals surface area contributed by atoms with Crippen molar-refractivity contribution in [1.82, 2.24) is 5.32 Å². The Labute approximate surface area is 153 Å². The van der Waals surface area contributed by atoms with E-state index in [1.165, 1.54) is 12.5 Å². The fourth-order valence-electron chi connectivity index (χ4n) is 3.09. The average Bonchev–Trinajstić information content (AvgIpc) is 3.16. The summed E-state index contributed by atoms with van der Waals surface area (Å²) in [6.07, 6.45) is 5.08. The number of anilines is 1. The number of carbonyl (C=O) groups is 1. The van der Waals surface area contributed by atoms with Crippen LogP contribution in [0.5, 0.6) is 0 Å². The van der Waals surface area contributed by atoms with Gasteiger partial charge in [0.05, 0.1) is 6.04 Å². The molecule has 1 aromatic carbocycles. The number of nitriles is 1. The van der Waals surface area contributed by atoms with Crippen molar-refractivity contribution in [2.45, 2.75) is 32.2 Å². The first-order valence-corrected chi connectivity index (χ1v) is 9.00. The standard InChI is InChI=1S/C21H23N3O2/c1-16(17-8-4-2-5-9-17)23-21(25)18(15-22)14-19-10-11-20(26-19)24-12-6-3-7-13-24/h2,4-5,8-11,14,16H,3,6-7,12-13H2,1H3,(H,23,25)/b18-14-. The van der Waals surface area contributed by atoms with Crippen molar-refractivity contribution in [2.24, 2.45) is 0 Å². The minimum atomic E-state index is -0.403. The molecule has 1 unspecified atom stereocenters. The van der Waals surface area contributed by atoms with Gasteiger partial charge in [0.2, 0.25) is 0 Å². The Morgan fingerprint density at radius 1 is 1.19 bits per heavy atom. The second kappa shape index (κ2) is 8.39. The van der Waals surface area contributed by atoms with Crippen molar-refractivity contribution >= 4 is 17.9 Å². The number of amides is 1. The topological polar surface area (TPSA) is 69.3 Å². The van der Waals surface area contributed by atoms with Gasteiger partial charge in [-0.25, -0.2) is 0 Å². The van der Waals surface area contributed by atoms with Gasteiger partial charge in [-0.05, 0) is 37.8 Å². The summed E-state index contributed by atoms with van der Waals surface area (Å²) in [6.45, 7) is 3.86. The van der Waals surface area contributed by atoms with Gasteiger partial charge in [-0.15, -0.1) is 0 Å². The van der Waals surface area contributed by atoms with Crippen LogP contribution < -0.4 is 10.2 Å². The first-order valence-electron chi connectivity index (χ1n) is 9.00. The molecule has 0 spiro atoms. The zero-order valence-electron chi connectivity index (χ0n) is 14.9. The van der Waals surface area contributed by atoms with Gasteiger partial charge in [0.1, 0.15) is 17.4 Å². The highest BCUT2D eigenvalue weighted by Crippen LogP contribution is 2.24. The number of benzene rings is 1. The van der Waals surface area contributed by atoms with E-state index in [4.69, 9.17) is 4.42 Å². The molecule has 0 saturated carbocycles. The Hall–Kier alpha value is -3.00. The first-order chi connectivity index (χ1) is 12.7. The van der Waals surface area contributed by atoms with Crippen LogP contribution in [0.25, 0.3) is 6.08 Å². The number of hydrogen-bond acceptors (Lipinski definition) is 4. The van der Waals surface area contributed by atoms with Gasteiger partial charge in [0.25, 0.3) is 5.91 Å². The van der Waals surface area contributed by atoms with E-state index >= 15 is 0 Å². The van der Waals surface area contributed by atoms with Crippen molar-refractivity contribution in [2.75, 3.05) is 18.0 Å². The zero-order chi connectivity index (χ0) is 18.4. The molecule has 1 saturated heterocycles. The molecule has 2 heterocycles. The highest BCUT2D eigenvalue weighted by Gasteiger charge is 2.16. The number of nitrogens with zero attached hydrogens (tertiary/aromatic N) is 2. The fourth-order valence-corrected chi connectivity index (χ4v) is 3.09. The molecule has 1 aliphatic rings. The summed E-state index contributed by atoms with van der Waals surface area (Å²) in [5, 5.41) is 12.2. The van der Waals surface area contributed by atoms with E-state index in [0.717, 1.165) is 37.4 Å². The first kappa shape index (κ1) is 17.8. The summed E-state index contributed by atoms with van der Waals surface area (Å²) < 4.78 is 5.81. The molecule has 134 valence electrons. The Kier molecular flexibility index (Phi) is 5.75. The summed E-state index contributed by atoms with van der Waals surface area (Å²) in [5.41, 5.74) is 1.02. The summed E-state index contributed by atoms with van der Waals surface area (Å²) in [7, 11) is 0. The van der Waals surface area contributed by atoms with Gasteiger partial charge >= 0.3 is 0 Å². The maximum Gasteiger partial charge on any atom is 0.262 e. The normalized spacial score (nSPS) is 16.0. The number of hydrogen-bond donors (Lipinski definition) is 1. The van der Waals surface area contributed by atoms with Crippen LogP contribution >= 0.6 is 0 Å². The molecule has 1 aromatic heterocycles. The lowest BCUT2D eigenvalue weighted by Crippen LogP contribution is -2.28. The van der Waals surface area contributed by atoms with Crippen molar-refractivity contribution in [3.63, 3.8) is 0 Å². The van der Waals surface area contributed by atoms with Crippen LogP contribution in [0.4, 0.5) is 5.88 Å². The van der Waals surface area contributed by atoms with Crippen molar-refractivity contribution in [3.05, 3.63) is 59.4 Å². The van der Waals surface area contributed by atoms with E-state index in [2.05, 4.69) is 10.2 Å². The predicted octanol–water partition coefficient (Wildman–Crippen LogP) is 4.05. The Balaban J connectivity index is 1.68. The average molecular weight is 349 g/mol. The van der Waals surface area contributed by atoms with Crippen molar-refractivity contribution in [1.29, 1.82) is 5.26 Å².